The van der Waals surface area contributed by atoms with Gasteiger partial charge in [-0.1, -0.05) is 31.4 Å². The summed E-state index contributed by atoms with van der Waals surface area (Å²) in [6.45, 7) is 5.57. The van der Waals surface area contributed by atoms with Gasteiger partial charge in [-0.3, -0.25) is 9.59 Å². The molecule has 46 heavy (non-hydrogen) atoms. The molecule has 2 fully saturated rings. The lowest BCUT2D eigenvalue weighted by molar-refractivity contribution is -0.137. The van der Waals surface area contributed by atoms with Crippen LogP contribution in [0.15, 0.2) is 42.5 Å². The molecule has 10 heteroatoms. The van der Waals surface area contributed by atoms with E-state index in [1.807, 2.05) is 48.7 Å². The number of pyridine rings is 1. The molecule has 3 aromatic heterocycles. The number of Topliss-reactive ketones (excluding diaryl/α,β-unsaturated/α-hetero) is 1. The number of carbonyl (C=O) groups is 3. The first kappa shape index (κ1) is 29.0. The maximum atomic E-state index is 14.7. The van der Waals surface area contributed by atoms with Crippen LogP contribution in [0.5, 0.6) is 0 Å². The van der Waals surface area contributed by atoms with E-state index < -0.39 is 12.0 Å². The molecule has 5 heterocycles. The Bertz CT molecular complexity index is 2080. The van der Waals surface area contributed by atoms with E-state index in [1.54, 1.807) is 28.4 Å². The fourth-order valence-corrected chi connectivity index (χ4v) is 8.62. The number of nitrogens with zero attached hydrogens (tertiary/aromatic N) is 4. The molecule has 234 valence electrons. The van der Waals surface area contributed by atoms with Crippen LogP contribution in [-0.4, -0.2) is 68.5 Å². The van der Waals surface area contributed by atoms with E-state index in [4.69, 9.17) is 9.72 Å². The maximum absolute atomic E-state index is 14.7. The molecule has 1 saturated heterocycles. The molecule has 9 nitrogen and oxygen atoms in total. The van der Waals surface area contributed by atoms with E-state index in [9.17, 15) is 19.5 Å². The first-order valence-electron chi connectivity index (χ1n) is 16.0. The van der Waals surface area contributed by atoms with E-state index in [-0.39, 0.29) is 23.2 Å². The standard InChI is InChI=1S/C36H34N4O5S/c1-19-34(46-20(2)37-19)27-11-9-22-16-25-26(18-28(22)38-27)33(41)32(35(42)39-12-14-45-15-13-39)40-29-17-23(36(43)44)8-10-24(29)30(31(25)40)21-6-4-3-5-7-21/h8-11,16-18,21,32H,3-7,12-15H2,1-2H3,(H,43,44). The van der Waals surface area contributed by atoms with E-state index in [2.05, 4.69) is 4.98 Å². The number of carboxylic acid groups (broad SMARTS) is 1. The fourth-order valence-electron chi connectivity index (χ4n) is 7.73. The average Bonchev–Trinajstić information content (AvgIpc) is 3.60. The molecule has 0 radical (unpaired) electrons. The van der Waals surface area contributed by atoms with Crippen LogP contribution in [-0.2, 0) is 9.53 Å². The van der Waals surface area contributed by atoms with Gasteiger partial charge in [0.25, 0.3) is 5.91 Å². The van der Waals surface area contributed by atoms with Crippen LogP contribution in [0.4, 0.5) is 0 Å². The number of carboxylic acids is 1. The van der Waals surface area contributed by atoms with E-state index in [0.717, 1.165) is 74.5 Å². The third-order valence-corrected chi connectivity index (χ3v) is 10.9. The van der Waals surface area contributed by atoms with Crippen molar-refractivity contribution in [1.82, 2.24) is 19.4 Å². The summed E-state index contributed by atoms with van der Waals surface area (Å²) in [7, 11) is 0. The van der Waals surface area contributed by atoms with Gasteiger partial charge in [0.2, 0.25) is 0 Å². The van der Waals surface area contributed by atoms with Gasteiger partial charge in [-0.2, -0.15) is 0 Å². The predicted octanol–water partition coefficient (Wildman–Crippen LogP) is 6.94. The number of aromatic nitrogens is 3. The largest absolute Gasteiger partial charge is 0.478 e. The number of rotatable bonds is 4. The zero-order valence-electron chi connectivity index (χ0n) is 25.8. The fraction of sp³-hybridized carbons (Fsp3) is 0.361. The molecule has 1 amide bonds. The highest BCUT2D eigenvalue weighted by Crippen LogP contribution is 2.50. The molecule has 0 spiro atoms. The molecule has 1 saturated carbocycles. The summed E-state index contributed by atoms with van der Waals surface area (Å²) in [5, 5.41) is 12.7. The highest BCUT2D eigenvalue weighted by atomic mass is 32.1. The third-order valence-electron chi connectivity index (χ3n) is 9.85. The number of aromatic carboxylic acids is 1. The molecule has 8 rings (SSSR count). The Morgan fingerprint density at radius 3 is 2.46 bits per heavy atom. The van der Waals surface area contributed by atoms with Crippen LogP contribution < -0.4 is 0 Å². The van der Waals surface area contributed by atoms with Crippen molar-refractivity contribution in [3.05, 3.63) is 69.9 Å². The number of ether oxygens (including phenoxy) is 1. The molecule has 3 aliphatic rings. The molecule has 0 bridgehead atoms. The van der Waals surface area contributed by atoms with Crippen molar-refractivity contribution in [2.75, 3.05) is 26.3 Å². The highest BCUT2D eigenvalue weighted by Gasteiger charge is 2.43. The Hall–Kier alpha value is -4.41. The van der Waals surface area contributed by atoms with Crippen LogP contribution in [0.1, 0.15) is 81.0 Å². The van der Waals surface area contributed by atoms with Gasteiger partial charge in [0.1, 0.15) is 0 Å². The Morgan fingerprint density at radius 2 is 1.74 bits per heavy atom. The van der Waals surface area contributed by atoms with Gasteiger partial charge >= 0.3 is 5.97 Å². The summed E-state index contributed by atoms with van der Waals surface area (Å²) in [6, 6.07) is 11.9. The lowest BCUT2D eigenvalue weighted by Crippen LogP contribution is -2.47. The lowest BCUT2D eigenvalue weighted by Gasteiger charge is -2.34. The molecule has 1 N–H and O–H groups in total. The predicted molar refractivity (Wildman–Crippen MR) is 177 cm³/mol. The van der Waals surface area contributed by atoms with Crippen molar-refractivity contribution in [2.45, 2.75) is 57.9 Å². The smallest absolute Gasteiger partial charge is 0.335 e. The molecular formula is C36H34N4O5S. The van der Waals surface area contributed by atoms with Gasteiger partial charge in [0, 0.05) is 35.0 Å². The summed E-state index contributed by atoms with van der Waals surface area (Å²) in [5.74, 6) is -1.40. The first-order chi connectivity index (χ1) is 22.3. The minimum Gasteiger partial charge on any atom is -0.478 e. The van der Waals surface area contributed by atoms with Crippen LogP contribution in [0, 0.1) is 13.8 Å². The lowest BCUT2D eigenvalue weighted by atomic mass is 9.80. The van der Waals surface area contributed by atoms with Crippen molar-refractivity contribution in [2.24, 2.45) is 0 Å². The monoisotopic (exact) mass is 634 g/mol. The van der Waals surface area contributed by atoms with Crippen LogP contribution in [0.25, 0.3) is 43.6 Å². The number of thiazole rings is 1. The summed E-state index contributed by atoms with van der Waals surface area (Å²) >= 11 is 1.59. The molecule has 2 aliphatic heterocycles. The van der Waals surface area contributed by atoms with Crippen LogP contribution in [0.3, 0.4) is 0 Å². The normalized spacial score (nSPS) is 18.6. The number of fused-ring (bicyclic) bond motifs is 6. The number of ketones is 1. The van der Waals surface area contributed by atoms with Crippen molar-refractivity contribution in [3.63, 3.8) is 0 Å². The van der Waals surface area contributed by atoms with Crippen molar-refractivity contribution >= 4 is 50.8 Å². The van der Waals surface area contributed by atoms with Gasteiger partial charge in [0.15, 0.2) is 11.8 Å². The number of carbonyl (C=O) groups excluding carboxylic acids is 2. The SMILES string of the molecule is Cc1nc(C)c(-c2ccc3cc4c(cc3n2)C(=O)C(C(=O)N2CCOCC2)n2c-4c(C3CCCCC3)c3ccc(C(=O)O)cc32)s1. The Labute approximate surface area is 269 Å². The summed E-state index contributed by atoms with van der Waals surface area (Å²) in [5.41, 5.74) is 6.37. The third kappa shape index (κ3) is 4.57. The summed E-state index contributed by atoms with van der Waals surface area (Å²) in [6.07, 6.45) is 5.40. The molecular weight excluding hydrogens is 600 g/mol. The van der Waals surface area contributed by atoms with E-state index in [0.29, 0.717) is 42.9 Å². The number of amides is 1. The number of hydrogen-bond donors (Lipinski definition) is 1. The Balaban J connectivity index is 1.41. The van der Waals surface area contributed by atoms with Crippen LogP contribution >= 0.6 is 11.3 Å². The number of aryl methyl sites for hydroxylation is 2. The Kier molecular flexibility index (Phi) is 7.02. The topological polar surface area (TPSA) is 115 Å². The highest BCUT2D eigenvalue weighted by molar-refractivity contribution is 7.15. The minimum atomic E-state index is -1.16. The zero-order chi connectivity index (χ0) is 31.7. The van der Waals surface area contributed by atoms with Gasteiger partial charge in [0.05, 0.1) is 56.8 Å². The van der Waals surface area contributed by atoms with Gasteiger partial charge in [-0.15, -0.1) is 11.3 Å². The van der Waals surface area contributed by atoms with Crippen molar-refractivity contribution in [1.29, 1.82) is 0 Å². The molecule has 1 aliphatic carbocycles. The quantitative estimate of drug-likeness (QED) is 0.213. The van der Waals surface area contributed by atoms with Gasteiger partial charge < -0.3 is 19.3 Å². The van der Waals surface area contributed by atoms with E-state index >= 15 is 0 Å². The van der Waals surface area contributed by atoms with Gasteiger partial charge in [-0.05, 0) is 68.5 Å². The average molecular weight is 635 g/mol. The summed E-state index contributed by atoms with van der Waals surface area (Å²) in [4.78, 5) is 53.6. The van der Waals surface area contributed by atoms with Crippen molar-refractivity contribution < 1.29 is 24.2 Å². The van der Waals surface area contributed by atoms with Crippen molar-refractivity contribution in [3.8, 4) is 21.8 Å². The number of benzene rings is 2. The number of morpholine rings is 1. The Morgan fingerprint density at radius 1 is 0.957 bits per heavy atom. The molecule has 5 aromatic rings. The second-order valence-electron chi connectivity index (χ2n) is 12.6. The molecule has 1 unspecified atom stereocenters. The van der Waals surface area contributed by atoms with Gasteiger partial charge in [-0.25, -0.2) is 14.8 Å². The second kappa shape index (κ2) is 11.1. The maximum Gasteiger partial charge on any atom is 0.335 e. The van der Waals surface area contributed by atoms with Crippen LogP contribution in [0.2, 0.25) is 0 Å². The minimum absolute atomic E-state index is 0.127. The first-order valence-corrected chi connectivity index (χ1v) is 16.8. The van der Waals surface area contributed by atoms with E-state index in [1.165, 1.54) is 6.42 Å². The molecule has 2 aromatic carbocycles. The number of hydrogen-bond acceptors (Lipinski definition) is 7. The molecule has 1 atom stereocenters. The summed E-state index contributed by atoms with van der Waals surface area (Å²) < 4.78 is 7.39. The zero-order valence-corrected chi connectivity index (χ0v) is 26.7. The second-order valence-corrected chi connectivity index (χ2v) is 13.8.